The van der Waals surface area contributed by atoms with Crippen molar-refractivity contribution in [1.82, 2.24) is 0 Å². The van der Waals surface area contributed by atoms with Crippen molar-refractivity contribution in [1.29, 1.82) is 5.41 Å². The highest BCUT2D eigenvalue weighted by Gasteiger charge is 2.27. The monoisotopic (exact) mass is 261 g/mol. The molecule has 2 unspecified atom stereocenters. The van der Waals surface area contributed by atoms with Gasteiger partial charge in [0.25, 0.3) is 0 Å². The number of amidine groups is 1. The van der Waals surface area contributed by atoms with E-state index in [0.717, 1.165) is 30.8 Å². The molecule has 0 aliphatic carbocycles. The molecule has 4 nitrogen and oxygen atoms in total. The zero-order valence-corrected chi connectivity index (χ0v) is 11.9. The second-order valence-corrected chi connectivity index (χ2v) is 5.42. The lowest BCUT2D eigenvalue weighted by Crippen LogP contribution is -2.44. The smallest absolute Gasteiger partial charge is 0.124 e. The highest BCUT2D eigenvalue weighted by molar-refractivity contribution is 6.00. The Kier molecular flexibility index (Phi) is 4.10. The number of nitrogens with zero attached hydrogens (tertiary/aromatic N) is 1. The minimum Gasteiger partial charge on any atom is -0.384 e. The number of hydrogen-bond donors (Lipinski definition) is 2. The number of piperidine rings is 1. The molecule has 2 atom stereocenters. The van der Waals surface area contributed by atoms with Crippen molar-refractivity contribution in [3.63, 3.8) is 0 Å². The van der Waals surface area contributed by atoms with Crippen molar-refractivity contribution >= 4 is 11.5 Å². The lowest BCUT2D eigenvalue weighted by Gasteiger charge is -2.38. The lowest BCUT2D eigenvalue weighted by atomic mass is 9.94. The summed E-state index contributed by atoms with van der Waals surface area (Å²) >= 11 is 0. The first-order valence-corrected chi connectivity index (χ1v) is 6.75. The first-order valence-electron chi connectivity index (χ1n) is 6.75. The summed E-state index contributed by atoms with van der Waals surface area (Å²) in [6.07, 6.45) is 1.35. The fourth-order valence-electron chi connectivity index (χ4n) is 2.69. The molecule has 1 fully saturated rings. The summed E-state index contributed by atoms with van der Waals surface area (Å²) in [6.45, 7) is 6.15. The maximum atomic E-state index is 7.72. The SMILES string of the molecule is COC1CN(c2cc(C)ccc2C(=N)N)CCC1C. The second-order valence-electron chi connectivity index (χ2n) is 5.42. The molecule has 1 aliphatic rings. The van der Waals surface area contributed by atoms with Gasteiger partial charge in [0.1, 0.15) is 5.84 Å². The van der Waals surface area contributed by atoms with Crippen LogP contribution in [-0.4, -0.2) is 32.1 Å². The van der Waals surface area contributed by atoms with E-state index in [9.17, 15) is 0 Å². The van der Waals surface area contributed by atoms with Gasteiger partial charge in [0.2, 0.25) is 0 Å². The van der Waals surface area contributed by atoms with Gasteiger partial charge in [-0.25, -0.2) is 0 Å². The Morgan fingerprint density at radius 3 is 2.84 bits per heavy atom. The van der Waals surface area contributed by atoms with Crippen molar-refractivity contribution < 1.29 is 4.74 Å². The number of methoxy groups -OCH3 is 1. The molecule has 0 spiro atoms. The average Bonchev–Trinajstić information content (AvgIpc) is 2.38. The van der Waals surface area contributed by atoms with Crippen LogP contribution < -0.4 is 10.6 Å². The number of hydrogen-bond acceptors (Lipinski definition) is 3. The van der Waals surface area contributed by atoms with Crippen LogP contribution in [0, 0.1) is 18.3 Å². The van der Waals surface area contributed by atoms with Gasteiger partial charge in [0.05, 0.1) is 6.10 Å². The standard InChI is InChI=1S/C15H23N3O/c1-10-4-5-12(15(16)17)13(8-10)18-7-6-11(2)14(9-18)19-3/h4-5,8,11,14H,6-7,9H2,1-3H3,(H3,16,17). The Morgan fingerprint density at radius 1 is 1.47 bits per heavy atom. The largest absolute Gasteiger partial charge is 0.384 e. The van der Waals surface area contributed by atoms with Crippen LogP contribution >= 0.6 is 0 Å². The number of nitrogens with one attached hydrogen (secondary N) is 1. The number of benzene rings is 1. The van der Waals surface area contributed by atoms with Gasteiger partial charge < -0.3 is 15.4 Å². The Bertz CT molecular complexity index is 472. The van der Waals surface area contributed by atoms with E-state index < -0.39 is 0 Å². The molecular weight excluding hydrogens is 238 g/mol. The van der Waals surface area contributed by atoms with Crippen LogP contribution in [-0.2, 0) is 4.74 Å². The topological polar surface area (TPSA) is 62.3 Å². The Labute approximate surface area is 115 Å². The van der Waals surface area contributed by atoms with Gasteiger partial charge in [-0.1, -0.05) is 13.0 Å². The van der Waals surface area contributed by atoms with E-state index in [0.29, 0.717) is 5.92 Å². The number of nitrogens with two attached hydrogens (primary N) is 1. The lowest BCUT2D eigenvalue weighted by molar-refractivity contribution is 0.0498. The van der Waals surface area contributed by atoms with E-state index in [2.05, 4.69) is 24.8 Å². The normalized spacial score (nSPS) is 23.4. The molecule has 0 amide bonds. The molecular formula is C15H23N3O. The Morgan fingerprint density at radius 2 is 2.21 bits per heavy atom. The Hall–Kier alpha value is -1.55. The maximum Gasteiger partial charge on any atom is 0.124 e. The van der Waals surface area contributed by atoms with E-state index in [1.165, 1.54) is 5.56 Å². The molecule has 1 aromatic rings. The summed E-state index contributed by atoms with van der Waals surface area (Å²) < 4.78 is 5.56. The quantitative estimate of drug-likeness (QED) is 0.647. The summed E-state index contributed by atoms with van der Waals surface area (Å²) in [5, 5.41) is 7.72. The van der Waals surface area contributed by atoms with Gasteiger partial charge in [0.15, 0.2) is 0 Å². The van der Waals surface area contributed by atoms with Gasteiger partial charge in [-0.2, -0.15) is 0 Å². The number of rotatable bonds is 3. The summed E-state index contributed by atoms with van der Waals surface area (Å²) in [7, 11) is 1.77. The van der Waals surface area contributed by atoms with Crippen molar-refractivity contribution in [2.24, 2.45) is 11.7 Å². The fourth-order valence-corrected chi connectivity index (χ4v) is 2.69. The van der Waals surface area contributed by atoms with Crippen LogP contribution in [0.5, 0.6) is 0 Å². The highest BCUT2D eigenvalue weighted by Crippen LogP contribution is 2.28. The molecule has 1 heterocycles. The molecule has 2 rings (SSSR count). The van der Waals surface area contributed by atoms with Gasteiger partial charge in [-0.05, 0) is 37.0 Å². The van der Waals surface area contributed by atoms with Crippen LogP contribution in [0.25, 0.3) is 0 Å². The predicted octanol–water partition coefficient (Wildman–Crippen LogP) is 2.14. The van der Waals surface area contributed by atoms with Crippen molar-refractivity contribution in [2.75, 3.05) is 25.1 Å². The van der Waals surface area contributed by atoms with Crippen LogP contribution in [0.4, 0.5) is 5.69 Å². The number of nitrogen functional groups attached to an aromatic ring is 1. The van der Waals surface area contributed by atoms with Gasteiger partial charge in [-0.3, -0.25) is 5.41 Å². The molecule has 1 aromatic carbocycles. The minimum absolute atomic E-state index is 0.127. The van der Waals surface area contributed by atoms with Gasteiger partial charge >= 0.3 is 0 Å². The maximum absolute atomic E-state index is 7.72. The summed E-state index contributed by atoms with van der Waals surface area (Å²) in [4.78, 5) is 2.29. The molecule has 0 aromatic heterocycles. The third-order valence-electron chi connectivity index (χ3n) is 3.98. The molecule has 1 saturated heterocycles. The molecule has 1 aliphatic heterocycles. The Balaban J connectivity index is 2.31. The highest BCUT2D eigenvalue weighted by atomic mass is 16.5. The molecule has 104 valence electrons. The van der Waals surface area contributed by atoms with Crippen LogP contribution in [0.15, 0.2) is 18.2 Å². The molecule has 0 saturated carbocycles. The van der Waals surface area contributed by atoms with E-state index in [1.807, 2.05) is 12.1 Å². The first kappa shape index (κ1) is 13.9. The first-order chi connectivity index (χ1) is 9.02. The average molecular weight is 261 g/mol. The van der Waals surface area contributed by atoms with Gasteiger partial charge in [-0.15, -0.1) is 0 Å². The van der Waals surface area contributed by atoms with Crippen LogP contribution in [0.3, 0.4) is 0 Å². The minimum atomic E-state index is 0.127. The number of ether oxygens (including phenoxy) is 1. The molecule has 4 heteroatoms. The third kappa shape index (κ3) is 2.89. The number of anilines is 1. The third-order valence-corrected chi connectivity index (χ3v) is 3.98. The zero-order valence-electron chi connectivity index (χ0n) is 11.9. The molecule has 3 N–H and O–H groups in total. The number of aryl methyl sites for hydroxylation is 1. The van der Waals surface area contributed by atoms with E-state index in [-0.39, 0.29) is 11.9 Å². The summed E-state index contributed by atoms with van der Waals surface area (Å²) in [5.74, 6) is 0.703. The van der Waals surface area contributed by atoms with E-state index in [4.69, 9.17) is 15.9 Å². The molecule has 19 heavy (non-hydrogen) atoms. The van der Waals surface area contributed by atoms with Crippen molar-refractivity contribution in [2.45, 2.75) is 26.4 Å². The second kappa shape index (κ2) is 5.61. The summed E-state index contributed by atoms with van der Waals surface area (Å²) in [5.41, 5.74) is 8.75. The fraction of sp³-hybridized carbons (Fsp3) is 0.533. The van der Waals surface area contributed by atoms with E-state index in [1.54, 1.807) is 7.11 Å². The zero-order chi connectivity index (χ0) is 14.0. The predicted molar refractivity (Wildman–Crippen MR) is 79.0 cm³/mol. The molecule has 0 radical (unpaired) electrons. The van der Waals surface area contributed by atoms with Crippen LogP contribution in [0.1, 0.15) is 24.5 Å². The summed E-state index contributed by atoms with van der Waals surface area (Å²) in [6, 6.07) is 6.05. The van der Waals surface area contributed by atoms with Crippen molar-refractivity contribution in [3.8, 4) is 0 Å². The van der Waals surface area contributed by atoms with Crippen LogP contribution in [0.2, 0.25) is 0 Å². The van der Waals surface area contributed by atoms with Gasteiger partial charge in [0, 0.05) is 31.5 Å². The van der Waals surface area contributed by atoms with E-state index >= 15 is 0 Å². The van der Waals surface area contributed by atoms with Crippen molar-refractivity contribution in [3.05, 3.63) is 29.3 Å². The molecule has 0 bridgehead atoms.